The fourth-order valence-corrected chi connectivity index (χ4v) is 1.22. The van der Waals surface area contributed by atoms with Gasteiger partial charge in [-0.05, 0) is 12.1 Å². The van der Waals surface area contributed by atoms with E-state index in [1.807, 2.05) is 18.2 Å². The number of aromatic nitrogens is 1. The molecule has 0 aliphatic rings. The average molecular weight is 177 g/mol. The zero-order valence-electron chi connectivity index (χ0n) is 6.68. The van der Waals surface area contributed by atoms with Crippen LogP contribution in [0.25, 0.3) is 10.9 Å². The minimum Gasteiger partial charge on any atom is -0.448 e. The van der Waals surface area contributed by atoms with Crippen LogP contribution in [0.1, 0.15) is 0 Å². The maximum absolute atomic E-state index is 10.3. The predicted octanol–water partition coefficient (Wildman–Crippen LogP) is 1.75. The molecular formula is C9H7NO3. The number of para-hydroxylation sites is 1. The highest BCUT2D eigenvalue weighted by molar-refractivity contribution is 5.80. The van der Waals surface area contributed by atoms with Gasteiger partial charge in [0.05, 0.1) is 5.52 Å². The molecule has 0 aliphatic heterocycles. The van der Waals surface area contributed by atoms with Gasteiger partial charge in [-0.25, -0.2) is 4.79 Å². The molecule has 0 unspecified atom stereocenters. The van der Waals surface area contributed by atoms with E-state index < -0.39 is 6.16 Å². The van der Waals surface area contributed by atoms with Crippen molar-refractivity contribution in [2.45, 2.75) is 0 Å². The van der Waals surface area contributed by atoms with Crippen LogP contribution in [0.2, 0.25) is 0 Å². The van der Waals surface area contributed by atoms with Crippen LogP contribution in [0.4, 0.5) is 4.79 Å². The largest absolute Gasteiger partial charge is 0.531 e. The molecule has 0 saturated carbocycles. The highest BCUT2D eigenvalue weighted by Crippen LogP contribution is 2.13. The maximum Gasteiger partial charge on any atom is 0.531 e. The van der Waals surface area contributed by atoms with Crippen molar-refractivity contribution in [3.8, 4) is 0 Å². The standard InChI is InChI=1S/C9H7NO3/c11-9(12)13-10-6-5-7-3-1-2-4-8(7)10/h1-6H,(H,11,12). The topological polar surface area (TPSA) is 51.5 Å². The summed E-state index contributed by atoms with van der Waals surface area (Å²) in [7, 11) is 0. The zero-order valence-corrected chi connectivity index (χ0v) is 6.68. The van der Waals surface area contributed by atoms with Gasteiger partial charge in [-0.2, -0.15) is 4.73 Å². The van der Waals surface area contributed by atoms with E-state index in [1.54, 1.807) is 18.3 Å². The minimum absolute atomic E-state index is 0.741. The molecule has 0 spiro atoms. The van der Waals surface area contributed by atoms with Gasteiger partial charge in [-0.3, -0.25) is 0 Å². The summed E-state index contributed by atoms with van der Waals surface area (Å²) >= 11 is 0. The molecule has 0 bridgehead atoms. The first-order chi connectivity index (χ1) is 6.27. The fraction of sp³-hybridized carbons (Fsp3) is 0. The van der Waals surface area contributed by atoms with Crippen LogP contribution in [-0.2, 0) is 0 Å². The van der Waals surface area contributed by atoms with Gasteiger partial charge in [0, 0.05) is 11.6 Å². The van der Waals surface area contributed by atoms with E-state index in [4.69, 9.17) is 5.11 Å². The molecule has 4 heteroatoms. The van der Waals surface area contributed by atoms with Gasteiger partial charge in [-0.1, -0.05) is 18.2 Å². The Kier molecular flexibility index (Phi) is 1.66. The number of carboxylic acid groups (broad SMARTS) is 1. The van der Waals surface area contributed by atoms with Gasteiger partial charge in [0.25, 0.3) is 0 Å². The smallest absolute Gasteiger partial charge is 0.448 e. The molecule has 0 aliphatic carbocycles. The lowest BCUT2D eigenvalue weighted by Crippen LogP contribution is -2.15. The number of nitrogens with zero attached hydrogens (tertiary/aromatic N) is 1. The van der Waals surface area contributed by atoms with Gasteiger partial charge in [0.15, 0.2) is 0 Å². The SMILES string of the molecule is O=C(O)On1ccc2ccccc21. The highest BCUT2D eigenvalue weighted by atomic mass is 16.8. The Morgan fingerprint density at radius 1 is 1.31 bits per heavy atom. The van der Waals surface area contributed by atoms with Crippen LogP contribution in [0, 0.1) is 0 Å². The lowest BCUT2D eigenvalue weighted by Gasteiger charge is -2.00. The van der Waals surface area contributed by atoms with Crippen LogP contribution in [0.5, 0.6) is 0 Å². The Hall–Kier alpha value is -1.97. The van der Waals surface area contributed by atoms with Crippen molar-refractivity contribution < 1.29 is 14.7 Å². The Balaban J connectivity index is 2.51. The van der Waals surface area contributed by atoms with E-state index in [-0.39, 0.29) is 0 Å². The van der Waals surface area contributed by atoms with E-state index in [1.165, 1.54) is 4.73 Å². The molecule has 0 saturated heterocycles. The molecule has 2 aromatic rings. The molecule has 4 nitrogen and oxygen atoms in total. The number of rotatable bonds is 1. The summed E-state index contributed by atoms with van der Waals surface area (Å²) in [6.45, 7) is 0. The van der Waals surface area contributed by atoms with E-state index in [0.717, 1.165) is 10.9 Å². The Labute approximate surface area is 73.9 Å². The van der Waals surface area contributed by atoms with Crippen molar-refractivity contribution in [1.29, 1.82) is 0 Å². The zero-order chi connectivity index (χ0) is 9.26. The van der Waals surface area contributed by atoms with Gasteiger partial charge < -0.3 is 9.94 Å². The Morgan fingerprint density at radius 2 is 2.08 bits per heavy atom. The average Bonchev–Trinajstić information content (AvgIpc) is 2.48. The summed E-state index contributed by atoms with van der Waals surface area (Å²) < 4.78 is 1.22. The third-order valence-electron chi connectivity index (χ3n) is 1.74. The van der Waals surface area contributed by atoms with Crippen LogP contribution in [0.3, 0.4) is 0 Å². The molecule has 0 atom stereocenters. The summed E-state index contributed by atoms with van der Waals surface area (Å²) in [5, 5.41) is 9.35. The first-order valence-electron chi connectivity index (χ1n) is 3.75. The van der Waals surface area contributed by atoms with Crippen molar-refractivity contribution in [3.05, 3.63) is 36.5 Å². The van der Waals surface area contributed by atoms with E-state index >= 15 is 0 Å². The maximum atomic E-state index is 10.3. The van der Waals surface area contributed by atoms with Gasteiger partial charge in [0.1, 0.15) is 0 Å². The van der Waals surface area contributed by atoms with E-state index in [2.05, 4.69) is 4.84 Å². The lowest BCUT2D eigenvalue weighted by atomic mass is 10.3. The summed E-state index contributed by atoms with van der Waals surface area (Å²) in [5.74, 6) is 0. The summed E-state index contributed by atoms with van der Waals surface area (Å²) in [4.78, 5) is 14.8. The number of carbonyl (C=O) groups is 1. The number of hydrogen-bond donors (Lipinski definition) is 1. The normalized spacial score (nSPS) is 10.2. The summed E-state index contributed by atoms with van der Waals surface area (Å²) in [5.41, 5.74) is 0.741. The van der Waals surface area contributed by atoms with Crippen LogP contribution in [0.15, 0.2) is 36.5 Å². The quantitative estimate of drug-likeness (QED) is 0.721. The third kappa shape index (κ3) is 1.33. The van der Waals surface area contributed by atoms with Crippen molar-refractivity contribution in [2.24, 2.45) is 0 Å². The molecule has 1 heterocycles. The van der Waals surface area contributed by atoms with Crippen LogP contribution >= 0.6 is 0 Å². The molecule has 1 aromatic carbocycles. The number of hydrogen-bond acceptors (Lipinski definition) is 2. The lowest BCUT2D eigenvalue weighted by molar-refractivity contribution is 0.0862. The summed E-state index contributed by atoms with van der Waals surface area (Å²) in [6, 6.07) is 9.17. The minimum atomic E-state index is -1.32. The third-order valence-corrected chi connectivity index (χ3v) is 1.74. The van der Waals surface area contributed by atoms with Crippen molar-refractivity contribution in [3.63, 3.8) is 0 Å². The molecule has 0 radical (unpaired) electrons. The molecule has 0 fully saturated rings. The fourth-order valence-electron chi connectivity index (χ4n) is 1.22. The molecule has 13 heavy (non-hydrogen) atoms. The Bertz CT molecular complexity index is 447. The van der Waals surface area contributed by atoms with Crippen LogP contribution in [-0.4, -0.2) is 16.0 Å². The van der Waals surface area contributed by atoms with E-state index in [0.29, 0.717) is 0 Å². The predicted molar refractivity (Wildman–Crippen MR) is 46.5 cm³/mol. The molecule has 0 amide bonds. The monoisotopic (exact) mass is 177 g/mol. The van der Waals surface area contributed by atoms with Crippen molar-refractivity contribution in [2.75, 3.05) is 0 Å². The number of fused-ring (bicyclic) bond motifs is 1. The first kappa shape index (κ1) is 7.67. The molecule has 66 valence electrons. The van der Waals surface area contributed by atoms with E-state index in [9.17, 15) is 4.79 Å². The molecule has 2 rings (SSSR count). The van der Waals surface area contributed by atoms with Crippen molar-refractivity contribution in [1.82, 2.24) is 4.73 Å². The van der Waals surface area contributed by atoms with Gasteiger partial charge in [-0.15, -0.1) is 0 Å². The highest BCUT2D eigenvalue weighted by Gasteiger charge is 2.03. The Morgan fingerprint density at radius 3 is 2.85 bits per heavy atom. The van der Waals surface area contributed by atoms with Crippen LogP contribution < -0.4 is 4.84 Å². The second-order valence-corrected chi connectivity index (χ2v) is 2.56. The molecule has 1 aromatic heterocycles. The first-order valence-corrected chi connectivity index (χ1v) is 3.75. The summed E-state index contributed by atoms with van der Waals surface area (Å²) in [6.07, 6.45) is 0.250. The molecule has 1 N–H and O–H groups in total. The second-order valence-electron chi connectivity index (χ2n) is 2.56. The number of benzene rings is 1. The van der Waals surface area contributed by atoms with Gasteiger partial charge in [0.2, 0.25) is 0 Å². The second kappa shape index (κ2) is 2.82. The van der Waals surface area contributed by atoms with Crippen molar-refractivity contribution >= 4 is 17.1 Å². The van der Waals surface area contributed by atoms with Gasteiger partial charge >= 0.3 is 6.16 Å². The molecular weight excluding hydrogens is 170 g/mol.